The maximum absolute atomic E-state index is 11.4. The van der Waals surface area contributed by atoms with E-state index in [1.54, 1.807) is 13.8 Å². The Balaban J connectivity index is 0. The van der Waals surface area contributed by atoms with Crippen molar-refractivity contribution < 1.29 is 19.8 Å². The van der Waals surface area contributed by atoms with Crippen molar-refractivity contribution in [1.29, 1.82) is 0 Å². The standard InChI is InChI=1S/C12H20O4.Li.Na.2H/c1-8(2)12(10(13)14,11(15)16)9-6-4-3-5-7-9;;;;/h8-9H,3-7H2,1-2H3,(H,13,14)(H,15,16);;;;. The van der Waals surface area contributed by atoms with Crippen LogP contribution in [0.3, 0.4) is 0 Å². The van der Waals surface area contributed by atoms with Gasteiger partial charge in [-0.05, 0) is 24.7 Å². The fraction of sp³-hybridized carbons (Fsp3) is 0.833. The second kappa shape index (κ2) is 8.66. The third-order valence-corrected chi connectivity index (χ3v) is 3.87. The topological polar surface area (TPSA) is 74.6 Å². The van der Waals surface area contributed by atoms with Crippen molar-refractivity contribution >= 4 is 60.4 Å². The van der Waals surface area contributed by atoms with Crippen molar-refractivity contribution in [2.75, 3.05) is 0 Å². The monoisotopic (exact) mass is 260 g/mol. The molecule has 0 aromatic heterocycles. The number of hydrogen-bond donors (Lipinski definition) is 2. The van der Waals surface area contributed by atoms with Crippen LogP contribution in [0.15, 0.2) is 0 Å². The molecule has 1 rings (SSSR count). The van der Waals surface area contributed by atoms with Crippen molar-refractivity contribution in [2.45, 2.75) is 46.0 Å². The summed E-state index contributed by atoms with van der Waals surface area (Å²) in [4.78, 5) is 22.8. The first-order valence-corrected chi connectivity index (χ1v) is 5.90. The molecule has 1 fully saturated rings. The molecule has 0 amide bonds. The van der Waals surface area contributed by atoms with Gasteiger partial charge in [0.25, 0.3) is 0 Å². The Morgan fingerprint density at radius 2 is 1.44 bits per heavy atom. The van der Waals surface area contributed by atoms with Gasteiger partial charge in [-0.2, -0.15) is 0 Å². The van der Waals surface area contributed by atoms with Crippen LogP contribution in [-0.2, 0) is 9.59 Å². The minimum absolute atomic E-state index is 0. The molecule has 1 aliphatic carbocycles. The molecule has 0 aromatic carbocycles. The van der Waals surface area contributed by atoms with Crippen molar-refractivity contribution in [3.63, 3.8) is 0 Å². The van der Waals surface area contributed by atoms with E-state index in [1.807, 2.05) is 0 Å². The van der Waals surface area contributed by atoms with E-state index in [9.17, 15) is 19.8 Å². The van der Waals surface area contributed by atoms with Gasteiger partial charge in [0, 0.05) is 0 Å². The van der Waals surface area contributed by atoms with Gasteiger partial charge < -0.3 is 10.2 Å². The van der Waals surface area contributed by atoms with Crippen LogP contribution in [0.4, 0.5) is 0 Å². The quantitative estimate of drug-likeness (QED) is 0.586. The molecule has 18 heavy (non-hydrogen) atoms. The molecule has 0 aliphatic heterocycles. The normalized spacial score (nSPS) is 16.6. The Kier molecular flexibility index (Phi) is 10.0. The first-order valence-electron chi connectivity index (χ1n) is 5.90. The molecule has 0 radical (unpaired) electrons. The zero-order valence-corrected chi connectivity index (χ0v) is 9.90. The summed E-state index contributed by atoms with van der Waals surface area (Å²) in [5.74, 6) is -2.97. The Labute approximate surface area is 142 Å². The summed E-state index contributed by atoms with van der Waals surface area (Å²) < 4.78 is 0. The van der Waals surface area contributed by atoms with Crippen molar-refractivity contribution in [1.82, 2.24) is 0 Å². The minimum atomic E-state index is -1.60. The maximum atomic E-state index is 11.4. The molecule has 0 aromatic rings. The molecule has 1 saturated carbocycles. The van der Waals surface area contributed by atoms with Crippen LogP contribution in [0.5, 0.6) is 0 Å². The molecule has 0 saturated heterocycles. The van der Waals surface area contributed by atoms with Gasteiger partial charge in [0.05, 0.1) is 0 Å². The second-order valence-electron chi connectivity index (χ2n) is 4.97. The zero-order chi connectivity index (χ0) is 12.3. The van der Waals surface area contributed by atoms with Crippen LogP contribution in [0, 0.1) is 17.3 Å². The van der Waals surface area contributed by atoms with Crippen LogP contribution in [0.25, 0.3) is 0 Å². The Morgan fingerprint density at radius 1 is 1.06 bits per heavy atom. The summed E-state index contributed by atoms with van der Waals surface area (Å²) in [6.45, 7) is 3.38. The Morgan fingerprint density at radius 3 is 1.72 bits per heavy atom. The third-order valence-electron chi connectivity index (χ3n) is 3.87. The van der Waals surface area contributed by atoms with Gasteiger partial charge in [0.15, 0.2) is 5.41 Å². The molecule has 0 bridgehead atoms. The first kappa shape index (κ1) is 20.8. The summed E-state index contributed by atoms with van der Waals surface area (Å²) >= 11 is 0. The predicted molar refractivity (Wildman–Crippen MR) is 73.4 cm³/mol. The molecule has 4 nitrogen and oxygen atoms in total. The number of carboxylic acid groups (broad SMARTS) is 2. The molecule has 0 spiro atoms. The van der Waals surface area contributed by atoms with Crippen molar-refractivity contribution in [3.05, 3.63) is 0 Å². The molecule has 0 unspecified atom stereocenters. The van der Waals surface area contributed by atoms with Gasteiger partial charge in [0.1, 0.15) is 0 Å². The van der Waals surface area contributed by atoms with Crippen molar-refractivity contribution in [2.24, 2.45) is 17.3 Å². The zero-order valence-electron chi connectivity index (χ0n) is 9.90. The number of rotatable bonds is 4. The molecule has 0 atom stereocenters. The Hall–Kier alpha value is 0.537. The summed E-state index contributed by atoms with van der Waals surface area (Å²) in [5.41, 5.74) is -1.60. The van der Waals surface area contributed by atoms with Crippen LogP contribution in [-0.4, -0.2) is 70.6 Å². The summed E-state index contributed by atoms with van der Waals surface area (Å²) in [5, 5.41) is 18.7. The van der Waals surface area contributed by atoms with E-state index in [-0.39, 0.29) is 60.3 Å². The van der Waals surface area contributed by atoms with E-state index in [1.165, 1.54) is 0 Å². The molecule has 1 aliphatic rings. The van der Waals surface area contributed by atoms with Gasteiger partial charge >= 0.3 is 60.4 Å². The van der Waals surface area contributed by atoms with Gasteiger partial charge in [0.2, 0.25) is 0 Å². The molecule has 0 heterocycles. The van der Waals surface area contributed by atoms with Crippen LogP contribution in [0.2, 0.25) is 0 Å². The number of hydrogen-bond acceptors (Lipinski definition) is 2. The van der Waals surface area contributed by atoms with E-state index in [0.717, 1.165) is 32.1 Å². The predicted octanol–water partition coefficient (Wildman–Crippen LogP) is 1.08. The average molecular weight is 260 g/mol. The molecule has 2 N–H and O–H groups in total. The summed E-state index contributed by atoms with van der Waals surface area (Å²) in [7, 11) is 0. The van der Waals surface area contributed by atoms with Gasteiger partial charge in [-0.15, -0.1) is 0 Å². The third kappa shape index (κ3) is 3.77. The van der Waals surface area contributed by atoms with Crippen LogP contribution >= 0.6 is 0 Å². The fourth-order valence-corrected chi connectivity index (χ4v) is 2.96. The molecule has 96 valence electrons. The van der Waals surface area contributed by atoms with E-state index < -0.39 is 17.4 Å². The summed E-state index contributed by atoms with van der Waals surface area (Å²) in [6, 6.07) is 0. The first-order chi connectivity index (χ1) is 7.44. The van der Waals surface area contributed by atoms with E-state index in [2.05, 4.69) is 0 Å². The SMILES string of the molecule is CC(C)C(C(=O)O)(C(=O)O)C1CCCCC1.[LiH].[NaH]. The van der Waals surface area contributed by atoms with Gasteiger partial charge in [-0.3, -0.25) is 9.59 Å². The van der Waals surface area contributed by atoms with Crippen LogP contribution in [0.1, 0.15) is 46.0 Å². The Bertz CT molecular complexity index is 274. The van der Waals surface area contributed by atoms with E-state index in [4.69, 9.17) is 0 Å². The molecular formula is C12H22LiNaO4. The fourth-order valence-electron chi connectivity index (χ4n) is 2.96. The number of carbonyl (C=O) groups is 2. The van der Waals surface area contributed by atoms with Crippen LogP contribution < -0.4 is 0 Å². The number of carboxylic acids is 2. The van der Waals surface area contributed by atoms with E-state index >= 15 is 0 Å². The van der Waals surface area contributed by atoms with Gasteiger partial charge in [-0.25, -0.2) is 0 Å². The molecular weight excluding hydrogens is 238 g/mol. The summed E-state index contributed by atoms with van der Waals surface area (Å²) in [6.07, 6.45) is 4.41. The van der Waals surface area contributed by atoms with Gasteiger partial charge in [-0.1, -0.05) is 33.1 Å². The molecule has 6 heteroatoms. The van der Waals surface area contributed by atoms with E-state index in [0.29, 0.717) is 0 Å². The number of aliphatic carboxylic acids is 2. The second-order valence-corrected chi connectivity index (χ2v) is 4.97. The average Bonchev–Trinajstić information content (AvgIpc) is 2.18. The van der Waals surface area contributed by atoms with Crippen molar-refractivity contribution in [3.8, 4) is 0 Å².